The van der Waals surface area contributed by atoms with E-state index >= 15 is 0 Å². The van der Waals surface area contributed by atoms with E-state index in [-0.39, 0.29) is 0 Å². The number of aromatic nitrogens is 2. The van der Waals surface area contributed by atoms with E-state index in [1.54, 1.807) is 7.11 Å². The molecule has 1 fully saturated rings. The fourth-order valence-corrected chi connectivity index (χ4v) is 2.52. The number of nitrogen functional groups attached to an aromatic ring is 1. The molecule has 0 bridgehead atoms. The molecular weight excluding hydrogens is 250 g/mol. The summed E-state index contributed by atoms with van der Waals surface area (Å²) in [5.74, 6) is 1.96. The Hall–Kier alpha value is -2.10. The van der Waals surface area contributed by atoms with E-state index in [0.717, 1.165) is 35.0 Å². The number of nitrogens with zero attached hydrogens (tertiary/aromatic N) is 2. The molecule has 0 spiro atoms. The highest BCUT2D eigenvalue weighted by atomic mass is 16.5. The van der Waals surface area contributed by atoms with Gasteiger partial charge >= 0.3 is 0 Å². The van der Waals surface area contributed by atoms with Gasteiger partial charge in [0.1, 0.15) is 5.75 Å². The molecule has 0 radical (unpaired) electrons. The zero-order chi connectivity index (χ0) is 13.9. The van der Waals surface area contributed by atoms with E-state index in [1.165, 1.54) is 19.3 Å². The number of methoxy groups -OCH3 is 1. The van der Waals surface area contributed by atoms with Crippen LogP contribution < -0.4 is 10.5 Å². The summed E-state index contributed by atoms with van der Waals surface area (Å²) in [6, 6.07) is 9.90. The number of nitrogens with two attached hydrogens (primary N) is 1. The first-order valence-electron chi connectivity index (χ1n) is 7.02. The molecule has 4 nitrogen and oxygen atoms in total. The largest absolute Gasteiger partial charge is 0.497 e. The van der Waals surface area contributed by atoms with Crippen LogP contribution in [-0.2, 0) is 6.42 Å². The van der Waals surface area contributed by atoms with Crippen LogP contribution in [0.2, 0.25) is 0 Å². The van der Waals surface area contributed by atoms with E-state index in [2.05, 4.69) is 16.0 Å². The van der Waals surface area contributed by atoms with Gasteiger partial charge in [0.15, 0.2) is 0 Å². The maximum Gasteiger partial charge on any atom is 0.220 e. The number of anilines is 1. The maximum absolute atomic E-state index is 5.84. The van der Waals surface area contributed by atoms with Crippen molar-refractivity contribution >= 4 is 5.95 Å². The summed E-state index contributed by atoms with van der Waals surface area (Å²) >= 11 is 0. The van der Waals surface area contributed by atoms with E-state index in [9.17, 15) is 0 Å². The summed E-state index contributed by atoms with van der Waals surface area (Å²) in [5, 5.41) is 0. The number of ether oxygens (including phenoxy) is 1. The first kappa shape index (κ1) is 12.9. The highest BCUT2D eigenvalue weighted by molar-refractivity contribution is 5.61. The molecule has 1 heterocycles. The molecule has 1 saturated carbocycles. The van der Waals surface area contributed by atoms with Gasteiger partial charge in [0.25, 0.3) is 0 Å². The Bertz CT molecular complexity index is 591. The minimum atomic E-state index is 0.354. The van der Waals surface area contributed by atoms with Crippen molar-refractivity contribution in [2.75, 3.05) is 12.8 Å². The molecule has 0 amide bonds. The quantitative estimate of drug-likeness (QED) is 0.926. The summed E-state index contributed by atoms with van der Waals surface area (Å²) in [6.07, 6.45) is 4.97. The Morgan fingerprint density at radius 1 is 1.20 bits per heavy atom. The van der Waals surface area contributed by atoms with E-state index < -0.39 is 0 Å². The van der Waals surface area contributed by atoms with Crippen LogP contribution in [0.4, 0.5) is 5.95 Å². The topological polar surface area (TPSA) is 61.0 Å². The van der Waals surface area contributed by atoms with Crippen molar-refractivity contribution in [1.29, 1.82) is 0 Å². The summed E-state index contributed by atoms with van der Waals surface area (Å²) in [7, 11) is 1.66. The van der Waals surface area contributed by atoms with Gasteiger partial charge in [0.05, 0.1) is 12.8 Å². The van der Waals surface area contributed by atoms with Crippen LogP contribution in [0.1, 0.15) is 25.0 Å². The molecule has 20 heavy (non-hydrogen) atoms. The Kier molecular flexibility index (Phi) is 3.54. The normalized spacial score (nSPS) is 14.8. The van der Waals surface area contributed by atoms with Crippen molar-refractivity contribution in [1.82, 2.24) is 9.97 Å². The molecule has 4 heteroatoms. The van der Waals surface area contributed by atoms with Gasteiger partial charge < -0.3 is 10.5 Å². The van der Waals surface area contributed by atoms with Gasteiger partial charge in [-0.25, -0.2) is 9.97 Å². The third-order valence-corrected chi connectivity index (χ3v) is 3.90. The number of hydrogen-bond acceptors (Lipinski definition) is 4. The Morgan fingerprint density at radius 3 is 2.55 bits per heavy atom. The fourth-order valence-electron chi connectivity index (χ4n) is 2.52. The van der Waals surface area contributed by atoms with Gasteiger partial charge in [0.2, 0.25) is 5.95 Å². The van der Waals surface area contributed by atoms with Crippen LogP contribution >= 0.6 is 0 Å². The van der Waals surface area contributed by atoms with Crippen molar-refractivity contribution in [3.8, 4) is 17.0 Å². The van der Waals surface area contributed by atoms with Crippen molar-refractivity contribution in [2.45, 2.75) is 25.7 Å². The predicted octanol–water partition coefficient (Wildman–Crippen LogP) is 3.08. The summed E-state index contributed by atoms with van der Waals surface area (Å²) < 4.78 is 5.17. The Morgan fingerprint density at radius 2 is 1.95 bits per heavy atom. The number of hydrogen-bond donors (Lipinski definition) is 1. The molecule has 1 aromatic carbocycles. The van der Waals surface area contributed by atoms with Crippen LogP contribution in [-0.4, -0.2) is 17.1 Å². The molecule has 2 N–H and O–H groups in total. The fraction of sp³-hybridized carbons (Fsp3) is 0.375. The molecule has 1 aliphatic rings. The second kappa shape index (κ2) is 5.49. The van der Waals surface area contributed by atoms with E-state index in [4.69, 9.17) is 10.5 Å². The van der Waals surface area contributed by atoms with Gasteiger partial charge in [-0.2, -0.15) is 0 Å². The second-order valence-electron chi connectivity index (χ2n) is 5.33. The lowest BCUT2D eigenvalue weighted by Crippen LogP contribution is -2.15. The van der Waals surface area contributed by atoms with E-state index in [1.807, 2.05) is 24.3 Å². The first-order chi connectivity index (χ1) is 9.74. The molecule has 1 aromatic heterocycles. The summed E-state index contributed by atoms with van der Waals surface area (Å²) in [4.78, 5) is 8.69. The van der Waals surface area contributed by atoms with Crippen molar-refractivity contribution < 1.29 is 4.74 Å². The van der Waals surface area contributed by atoms with Gasteiger partial charge in [-0.05, 0) is 42.7 Å². The molecule has 1 aliphatic carbocycles. The van der Waals surface area contributed by atoms with Crippen molar-refractivity contribution in [3.05, 3.63) is 36.0 Å². The van der Waals surface area contributed by atoms with Crippen LogP contribution in [0.15, 0.2) is 30.3 Å². The van der Waals surface area contributed by atoms with Crippen LogP contribution in [0.25, 0.3) is 11.3 Å². The lowest BCUT2D eigenvalue weighted by molar-refractivity contribution is 0.312. The lowest BCUT2D eigenvalue weighted by Gasteiger charge is -2.24. The molecule has 0 saturated heterocycles. The molecular formula is C16H19N3O. The highest BCUT2D eigenvalue weighted by Gasteiger charge is 2.19. The van der Waals surface area contributed by atoms with Crippen LogP contribution in [0.3, 0.4) is 0 Å². The Labute approximate surface area is 119 Å². The predicted molar refractivity (Wildman–Crippen MR) is 79.5 cm³/mol. The molecule has 3 rings (SSSR count). The zero-order valence-electron chi connectivity index (χ0n) is 11.7. The molecule has 2 aromatic rings. The standard InChI is InChI=1S/C16H19N3O/c1-20-14-7-5-12(6-8-14)15-10-13(18-16(17)19-15)9-11-3-2-4-11/h5-8,10-11H,2-4,9H2,1H3,(H2,17,18,19). The van der Waals surface area contributed by atoms with Crippen molar-refractivity contribution in [2.24, 2.45) is 5.92 Å². The van der Waals surface area contributed by atoms with Gasteiger partial charge in [-0.1, -0.05) is 19.3 Å². The average Bonchev–Trinajstić information content (AvgIpc) is 2.42. The van der Waals surface area contributed by atoms with Crippen LogP contribution in [0, 0.1) is 5.92 Å². The van der Waals surface area contributed by atoms with Crippen LogP contribution in [0.5, 0.6) is 5.75 Å². The van der Waals surface area contributed by atoms with Gasteiger partial charge in [-0.3, -0.25) is 0 Å². The Balaban J connectivity index is 1.87. The molecule has 0 aliphatic heterocycles. The van der Waals surface area contributed by atoms with Gasteiger partial charge in [-0.15, -0.1) is 0 Å². The maximum atomic E-state index is 5.84. The lowest BCUT2D eigenvalue weighted by atomic mass is 9.82. The van der Waals surface area contributed by atoms with Gasteiger partial charge in [0, 0.05) is 11.3 Å². The number of benzene rings is 1. The van der Waals surface area contributed by atoms with Crippen molar-refractivity contribution in [3.63, 3.8) is 0 Å². The first-order valence-corrected chi connectivity index (χ1v) is 7.02. The summed E-state index contributed by atoms with van der Waals surface area (Å²) in [5.41, 5.74) is 8.81. The highest BCUT2D eigenvalue weighted by Crippen LogP contribution is 2.30. The third kappa shape index (κ3) is 2.74. The number of rotatable bonds is 4. The van der Waals surface area contributed by atoms with E-state index in [0.29, 0.717) is 5.95 Å². The third-order valence-electron chi connectivity index (χ3n) is 3.90. The minimum Gasteiger partial charge on any atom is -0.497 e. The SMILES string of the molecule is COc1ccc(-c2cc(CC3CCC3)nc(N)n2)cc1. The molecule has 0 unspecified atom stereocenters. The monoisotopic (exact) mass is 269 g/mol. The minimum absolute atomic E-state index is 0.354. The second-order valence-corrected chi connectivity index (χ2v) is 5.33. The average molecular weight is 269 g/mol. The molecule has 0 atom stereocenters. The zero-order valence-corrected chi connectivity index (χ0v) is 11.7. The smallest absolute Gasteiger partial charge is 0.220 e. The molecule has 104 valence electrons. The summed E-state index contributed by atoms with van der Waals surface area (Å²) in [6.45, 7) is 0.